The van der Waals surface area contributed by atoms with Crippen molar-refractivity contribution in [2.24, 2.45) is 0 Å². The average Bonchev–Trinajstić information content (AvgIpc) is 2.40. The third-order valence-corrected chi connectivity index (χ3v) is 3.95. The molecule has 0 aromatic heterocycles. The van der Waals surface area contributed by atoms with E-state index in [2.05, 4.69) is 18.2 Å². The Hall–Kier alpha value is -1.31. The summed E-state index contributed by atoms with van der Waals surface area (Å²) < 4.78 is 0. The van der Waals surface area contributed by atoms with E-state index in [-0.39, 0.29) is 5.91 Å². The topological polar surface area (TPSA) is 20.3 Å². The van der Waals surface area contributed by atoms with Crippen LogP contribution in [0.4, 0.5) is 0 Å². The fourth-order valence-corrected chi connectivity index (χ4v) is 2.88. The Morgan fingerprint density at radius 2 is 1.89 bits per heavy atom. The van der Waals surface area contributed by atoms with Crippen molar-refractivity contribution < 1.29 is 4.79 Å². The molecule has 1 amide bonds. The molecule has 1 aliphatic rings. The summed E-state index contributed by atoms with van der Waals surface area (Å²) in [7, 11) is 0. The lowest BCUT2D eigenvalue weighted by molar-refractivity contribution is -0.130. The molecule has 0 bridgehead atoms. The smallest absolute Gasteiger partial charge is 0.226 e. The van der Waals surface area contributed by atoms with Gasteiger partial charge in [-0.3, -0.25) is 4.79 Å². The van der Waals surface area contributed by atoms with Crippen molar-refractivity contribution in [2.45, 2.75) is 46.0 Å². The molecule has 98 valence electrons. The van der Waals surface area contributed by atoms with Crippen LogP contribution in [0.5, 0.6) is 0 Å². The lowest BCUT2D eigenvalue weighted by Gasteiger charge is -2.22. The van der Waals surface area contributed by atoms with Gasteiger partial charge in [-0.15, -0.1) is 0 Å². The number of aryl methyl sites for hydroxylation is 1. The molecule has 1 aromatic rings. The summed E-state index contributed by atoms with van der Waals surface area (Å²) in [5, 5.41) is 0. The fourth-order valence-electron chi connectivity index (χ4n) is 2.88. The van der Waals surface area contributed by atoms with Crippen LogP contribution in [0, 0.1) is 0 Å². The van der Waals surface area contributed by atoms with E-state index in [1.807, 2.05) is 18.7 Å². The Labute approximate surface area is 110 Å². The summed E-state index contributed by atoms with van der Waals surface area (Å²) in [5.41, 5.74) is 4.17. The summed E-state index contributed by atoms with van der Waals surface area (Å²) in [6, 6.07) is 6.46. The minimum absolute atomic E-state index is 0.263. The highest BCUT2D eigenvalue weighted by Gasteiger charge is 2.16. The molecule has 1 aromatic carbocycles. The second-order valence-corrected chi connectivity index (χ2v) is 5.00. The summed E-state index contributed by atoms with van der Waals surface area (Å²) in [6.45, 7) is 5.71. The van der Waals surface area contributed by atoms with Crippen molar-refractivity contribution in [1.82, 2.24) is 4.90 Å². The normalized spacial score (nSPS) is 14.1. The first-order valence-corrected chi connectivity index (χ1v) is 7.13. The lowest BCUT2D eigenvalue weighted by Crippen LogP contribution is -2.32. The molecule has 0 radical (unpaired) electrons. The van der Waals surface area contributed by atoms with E-state index < -0.39 is 0 Å². The maximum atomic E-state index is 12.2. The molecule has 1 aliphatic carbocycles. The molecule has 0 N–H and O–H groups in total. The van der Waals surface area contributed by atoms with E-state index in [1.165, 1.54) is 36.0 Å². The number of hydrogen-bond donors (Lipinski definition) is 0. The van der Waals surface area contributed by atoms with Crippen LogP contribution in [0.2, 0.25) is 0 Å². The maximum absolute atomic E-state index is 12.2. The Morgan fingerprint density at radius 1 is 1.17 bits per heavy atom. The van der Waals surface area contributed by atoms with Crippen LogP contribution in [0.25, 0.3) is 0 Å². The number of hydrogen-bond acceptors (Lipinski definition) is 1. The van der Waals surface area contributed by atoms with Gasteiger partial charge in [-0.25, -0.2) is 0 Å². The van der Waals surface area contributed by atoms with Crippen LogP contribution >= 0.6 is 0 Å². The standard InChI is InChI=1S/C16H23NO/c1-3-17(4-2)16(18)12-14-10-7-9-13-8-5-6-11-15(13)14/h7,9-10H,3-6,8,11-12H2,1-2H3. The van der Waals surface area contributed by atoms with E-state index in [1.54, 1.807) is 0 Å². The number of fused-ring (bicyclic) bond motifs is 1. The lowest BCUT2D eigenvalue weighted by atomic mass is 9.87. The van der Waals surface area contributed by atoms with Gasteiger partial charge in [0, 0.05) is 13.1 Å². The molecular formula is C16H23NO. The summed E-state index contributed by atoms with van der Waals surface area (Å²) in [4.78, 5) is 14.1. The molecule has 2 rings (SSSR count). The minimum atomic E-state index is 0.263. The van der Waals surface area contributed by atoms with E-state index in [0.717, 1.165) is 19.5 Å². The molecule has 2 heteroatoms. The van der Waals surface area contributed by atoms with E-state index in [4.69, 9.17) is 0 Å². The molecule has 0 heterocycles. The first kappa shape index (κ1) is 13.1. The van der Waals surface area contributed by atoms with Crippen LogP contribution in [0.1, 0.15) is 43.4 Å². The number of benzene rings is 1. The van der Waals surface area contributed by atoms with E-state index in [9.17, 15) is 4.79 Å². The van der Waals surface area contributed by atoms with Gasteiger partial charge in [-0.2, -0.15) is 0 Å². The summed E-state index contributed by atoms with van der Waals surface area (Å²) in [5.74, 6) is 0.263. The van der Waals surface area contributed by atoms with Gasteiger partial charge in [-0.1, -0.05) is 18.2 Å². The third-order valence-electron chi connectivity index (χ3n) is 3.95. The van der Waals surface area contributed by atoms with Gasteiger partial charge in [0.05, 0.1) is 6.42 Å². The van der Waals surface area contributed by atoms with Crippen molar-refractivity contribution in [3.05, 3.63) is 34.9 Å². The largest absolute Gasteiger partial charge is 0.343 e. The maximum Gasteiger partial charge on any atom is 0.226 e. The molecule has 0 unspecified atom stereocenters. The molecule has 0 saturated carbocycles. The zero-order valence-electron chi connectivity index (χ0n) is 11.5. The number of amides is 1. The van der Waals surface area contributed by atoms with Crippen LogP contribution in [-0.2, 0) is 24.1 Å². The van der Waals surface area contributed by atoms with Crippen LogP contribution in [-0.4, -0.2) is 23.9 Å². The predicted octanol–water partition coefficient (Wildman–Crippen LogP) is 2.98. The highest BCUT2D eigenvalue weighted by Crippen LogP contribution is 2.25. The number of rotatable bonds is 4. The molecular weight excluding hydrogens is 222 g/mol. The number of likely N-dealkylation sites (N-methyl/N-ethyl adjacent to an activating group) is 1. The predicted molar refractivity (Wildman–Crippen MR) is 74.7 cm³/mol. The van der Waals surface area contributed by atoms with Crippen molar-refractivity contribution in [2.75, 3.05) is 13.1 Å². The van der Waals surface area contributed by atoms with Crippen LogP contribution in [0.15, 0.2) is 18.2 Å². The monoisotopic (exact) mass is 245 g/mol. The van der Waals surface area contributed by atoms with Gasteiger partial charge >= 0.3 is 0 Å². The minimum Gasteiger partial charge on any atom is -0.343 e. The average molecular weight is 245 g/mol. The van der Waals surface area contributed by atoms with Crippen molar-refractivity contribution in [1.29, 1.82) is 0 Å². The summed E-state index contributed by atoms with van der Waals surface area (Å²) in [6.07, 6.45) is 5.47. The second-order valence-electron chi connectivity index (χ2n) is 5.00. The molecule has 0 atom stereocenters. The van der Waals surface area contributed by atoms with Crippen molar-refractivity contribution in [3.63, 3.8) is 0 Å². The fraction of sp³-hybridized carbons (Fsp3) is 0.562. The van der Waals surface area contributed by atoms with Crippen LogP contribution in [0.3, 0.4) is 0 Å². The quantitative estimate of drug-likeness (QED) is 0.798. The molecule has 0 saturated heterocycles. The Bertz CT molecular complexity index is 421. The molecule has 0 spiro atoms. The van der Waals surface area contributed by atoms with Gasteiger partial charge in [0.2, 0.25) is 5.91 Å². The molecule has 0 aliphatic heterocycles. The number of nitrogens with zero attached hydrogens (tertiary/aromatic N) is 1. The number of carbonyl (C=O) groups excluding carboxylic acids is 1. The van der Waals surface area contributed by atoms with Gasteiger partial charge in [0.25, 0.3) is 0 Å². The van der Waals surface area contributed by atoms with Crippen LogP contribution < -0.4 is 0 Å². The Balaban J connectivity index is 2.16. The van der Waals surface area contributed by atoms with Crippen molar-refractivity contribution in [3.8, 4) is 0 Å². The van der Waals surface area contributed by atoms with Gasteiger partial charge in [0.15, 0.2) is 0 Å². The van der Waals surface area contributed by atoms with Gasteiger partial charge in [-0.05, 0) is 56.2 Å². The first-order chi connectivity index (χ1) is 8.76. The van der Waals surface area contributed by atoms with E-state index >= 15 is 0 Å². The first-order valence-electron chi connectivity index (χ1n) is 7.13. The Morgan fingerprint density at radius 3 is 2.61 bits per heavy atom. The van der Waals surface area contributed by atoms with Crippen molar-refractivity contribution >= 4 is 5.91 Å². The van der Waals surface area contributed by atoms with Gasteiger partial charge < -0.3 is 4.90 Å². The number of carbonyl (C=O) groups is 1. The second kappa shape index (κ2) is 6.03. The highest BCUT2D eigenvalue weighted by atomic mass is 16.2. The third kappa shape index (κ3) is 2.74. The zero-order valence-corrected chi connectivity index (χ0v) is 11.5. The summed E-state index contributed by atoms with van der Waals surface area (Å²) >= 11 is 0. The Kier molecular flexibility index (Phi) is 4.40. The molecule has 0 fully saturated rings. The molecule has 2 nitrogen and oxygen atoms in total. The highest BCUT2D eigenvalue weighted by molar-refractivity contribution is 5.79. The zero-order chi connectivity index (χ0) is 13.0. The molecule has 18 heavy (non-hydrogen) atoms. The SMILES string of the molecule is CCN(CC)C(=O)Cc1cccc2c1CCCC2. The van der Waals surface area contributed by atoms with Gasteiger partial charge in [0.1, 0.15) is 0 Å². The van der Waals surface area contributed by atoms with E-state index in [0.29, 0.717) is 6.42 Å².